The van der Waals surface area contributed by atoms with Crippen molar-refractivity contribution in [2.24, 2.45) is 0 Å². The number of nitrogen functional groups attached to an aromatic ring is 1. The van der Waals surface area contributed by atoms with Gasteiger partial charge in [-0.15, -0.1) is 0 Å². The molecule has 0 aliphatic carbocycles. The van der Waals surface area contributed by atoms with E-state index in [2.05, 4.69) is 25.1 Å². The number of benzene rings is 1. The molecule has 0 atom stereocenters. The van der Waals surface area contributed by atoms with Gasteiger partial charge in [0.15, 0.2) is 0 Å². The van der Waals surface area contributed by atoms with Crippen LogP contribution in [0, 0.1) is 0 Å². The van der Waals surface area contributed by atoms with Crippen LogP contribution in [-0.2, 0) is 9.59 Å². The van der Waals surface area contributed by atoms with Crippen molar-refractivity contribution in [3.8, 4) is 11.3 Å². The molecule has 0 saturated heterocycles. The number of nitrogens with one attached hydrogen (secondary N) is 2. The molecule has 0 saturated carbocycles. The number of alkyl halides is 6. The van der Waals surface area contributed by atoms with E-state index in [1.807, 2.05) is 24.3 Å². The van der Waals surface area contributed by atoms with Gasteiger partial charge in [0.2, 0.25) is 0 Å². The molecule has 6 N–H and O–H groups in total. The Bertz CT molecular complexity index is 1240. The number of nitrogens with zero attached hydrogens (tertiary/aromatic N) is 3. The zero-order valence-corrected chi connectivity index (χ0v) is 15.9. The highest BCUT2D eigenvalue weighted by Gasteiger charge is 2.38. The predicted octanol–water partition coefficient (Wildman–Crippen LogP) is 3.35. The highest BCUT2D eigenvalue weighted by atomic mass is 19.4. The Hall–Kier alpha value is -4.37. The molecule has 0 bridgehead atoms. The van der Waals surface area contributed by atoms with E-state index >= 15 is 0 Å². The molecule has 3 aromatic heterocycles. The molecular formula is C17H12F6N6O4. The molecule has 10 nitrogen and oxygen atoms in total. The maximum Gasteiger partial charge on any atom is 0.490 e. The molecule has 3 heterocycles. The summed E-state index contributed by atoms with van der Waals surface area (Å²) in [4.78, 5) is 29.5. The molecular weight excluding hydrogens is 466 g/mol. The normalized spacial score (nSPS) is 11.3. The third-order valence-electron chi connectivity index (χ3n) is 3.69. The van der Waals surface area contributed by atoms with Crippen molar-refractivity contribution in [2.45, 2.75) is 12.4 Å². The van der Waals surface area contributed by atoms with E-state index in [4.69, 9.17) is 25.5 Å². The first-order chi connectivity index (χ1) is 15.2. The van der Waals surface area contributed by atoms with Crippen LogP contribution in [0.4, 0.5) is 32.2 Å². The Morgan fingerprint density at radius 2 is 1.55 bits per heavy atom. The number of fused-ring (bicyclic) bond motifs is 3. The molecule has 4 aromatic rings. The van der Waals surface area contributed by atoms with Gasteiger partial charge >= 0.3 is 24.3 Å². The molecule has 0 aliphatic rings. The number of H-pyrrole nitrogens is 2. The van der Waals surface area contributed by atoms with Crippen molar-refractivity contribution in [1.82, 2.24) is 25.1 Å². The number of aliphatic carboxylic acids is 2. The van der Waals surface area contributed by atoms with Crippen LogP contribution in [-0.4, -0.2) is 59.7 Å². The highest BCUT2D eigenvalue weighted by Crippen LogP contribution is 2.28. The van der Waals surface area contributed by atoms with Gasteiger partial charge in [-0.1, -0.05) is 6.07 Å². The predicted molar refractivity (Wildman–Crippen MR) is 101 cm³/mol. The van der Waals surface area contributed by atoms with E-state index in [0.29, 0.717) is 5.82 Å². The number of nitrogens with two attached hydrogens (primary N) is 1. The van der Waals surface area contributed by atoms with Crippen LogP contribution in [0.1, 0.15) is 0 Å². The van der Waals surface area contributed by atoms with Crippen molar-refractivity contribution >= 4 is 39.7 Å². The molecule has 0 aliphatic heterocycles. The quantitative estimate of drug-likeness (QED) is 0.259. The number of rotatable bonds is 1. The van der Waals surface area contributed by atoms with Gasteiger partial charge in [0.25, 0.3) is 0 Å². The van der Waals surface area contributed by atoms with Crippen molar-refractivity contribution in [1.29, 1.82) is 0 Å². The second-order valence-corrected chi connectivity index (χ2v) is 5.93. The Morgan fingerprint density at radius 1 is 0.970 bits per heavy atom. The standard InChI is InChI=1S/C13H10N6.2C2HF3O2/c14-13-12-11(15-6-16-12)8-2-1-7(5-10(8)18-13)9-3-4-17-19-9;2*3-2(4,5)1(6)7/h1-6H,(H2,14,18)(H,15,16)(H,17,19);2*(H,6,7). The first kappa shape index (κ1) is 24.9. The monoisotopic (exact) mass is 478 g/mol. The molecule has 0 fully saturated rings. The summed E-state index contributed by atoms with van der Waals surface area (Å²) < 4.78 is 63.5. The summed E-state index contributed by atoms with van der Waals surface area (Å²) in [6, 6.07) is 7.91. The zero-order valence-electron chi connectivity index (χ0n) is 15.9. The average molecular weight is 478 g/mol. The maximum atomic E-state index is 10.6. The minimum atomic E-state index is -5.08. The van der Waals surface area contributed by atoms with Crippen LogP contribution in [0.15, 0.2) is 36.8 Å². The maximum absolute atomic E-state index is 10.6. The summed E-state index contributed by atoms with van der Waals surface area (Å²) in [6.07, 6.45) is -6.82. The Kier molecular flexibility index (Phi) is 7.10. The molecule has 33 heavy (non-hydrogen) atoms. The van der Waals surface area contributed by atoms with Crippen LogP contribution in [0.3, 0.4) is 0 Å². The van der Waals surface area contributed by atoms with Crippen molar-refractivity contribution < 1.29 is 46.1 Å². The van der Waals surface area contributed by atoms with E-state index in [0.717, 1.165) is 33.2 Å². The number of anilines is 1. The number of imidazole rings is 1. The summed E-state index contributed by atoms with van der Waals surface area (Å²) in [7, 11) is 0. The van der Waals surface area contributed by atoms with E-state index < -0.39 is 24.3 Å². The number of carboxylic acids is 2. The van der Waals surface area contributed by atoms with Crippen molar-refractivity contribution in [2.75, 3.05) is 5.73 Å². The third kappa shape index (κ3) is 6.31. The van der Waals surface area contributed by atoms with Crippen LogP contribution in [0.25, 0.3) is 33.2 Å². The van der Waals surface area contributed by atoms with Gasteiger partial charge in [-0.2, -0.15) is 31.4 Å². The second-order valence-electron chi connectivity index (χ2n) is 5.93. The van der Waals surface area contributed by atoms with E-state index in [-0.39, 0.29) is 0 Å². The van der Waals surface area contributed by atoms with E-state index in [9.17, 15) is 26.3 Å². The van der Waals surface area contributed by atoms with Crippen LogP contribution >= 0.6 is 0 Å². The molecule has 0 unspecified atom stereocenters. The minimum absolute atomic E-state index is 0.460. The molecule has 1 aromatic carbocycles. The Balaban J connectivity index is 0.000000230. The lowest BCUT2D eigenvalue weighted by molar-refractivity contribution is -0.193. The lowest BCUT2D eigenvalue weighted by Crippen LogP contribution is -2.21. The lowest BCUT2D eigenvalue weighted by Gasteiger charge is -2.03. The number of pyridine rings is 1. The second kappa shape index (κ2) is 9.41. The SMILES string of the molecule is Nc1nc2cc(-c3ccn[nH]3)ccc2c2nc[nH]c12.O=C(O)C(F)(F)F.O=C(O)C(F)(F)F. The topological polar surface area (TPSA) is 171 Å². The fourth-order valence-corrected chi connectivity index (χ4v) is 2.29. The number of hydrogen-bond donors (Lipinski definition) is 5. The van der Waals surface area contributed by atoms with Gasteiger partial charge in [0.05, 0.1) is 17.5 Å². The summed E-state index contributed by atoms with van der Waals surface area (Å²) in [5, 5.41) is 22.1. The molecule has 0 spiro atoms. The van der Waals surface area contributed by atoms with Gasteiger partial charge < -0.3 is 20.9 Å². The van der Waals surface area contributed by atoms with Crippen LogP contribution in [0.2, 0.25) is 0 Å². The fraction of sp³-hybridized carbons (Fsp3) is 0.118. The number of carbonyl (C=O) groups is 2. The van der Waals surface area contributed by atoms with Gasteiger partial charge in [0, 0.05) is 17.1 Å². The van der Waals surface area contributed by atoms with Crippen LogP contribution in [0.5, 0.6) is 0 Å². The Labute approximate surface area is 178 Å². The number of aromatic amines is 2. The molecule has 4 rings (SSSR count). The largest absolute Gasteiger partial charge is 0.490 e. The van der Waals surface area contributed by atoms with Gasteiger partial charge in [-0.3, -0.25) is 5.10 Å². The van der Waals surface area contributed by atoms with Crippen LogP contribution < -0.4 is 5.73 Å². The first-order valence-corrected chi connectivity index (χ1v) is 8.34. The van der Waals surface area contributed by atoms with Gasteiger partial charge in [0.1, 0.15) is 16.9 Å². The number of aromatic nitrogens is 5. The van der Waals surface area contributed by atoms with Gasteiger partial charge in [-0.25, -0.2) is 19.6 Å². The molecule has 0 radical (unpaired) electrons. The van der Waals surface area contributed by atoms with Crippen molar-refractivity contribution in [3.05, 3.63) is 36.8 Å². The molecule has 176 valence electrons. The summed E-state index contributed by atoms with van der Waals surface area (Å²) >= 11 is 0. The number of carboxylic acid groups (broad SMARTS) is 2. The first-order valence-electron chi connectivity index (χ1n) is 8.34. The highest BCUT2D eigenvalue weighted by molar-refractivity contribution is 6.06. The Morgan fingerprint density at radius 3 is 2.03 bits per heavy atom. The molecule has 0 amide bonds. The third-order valence-corrected chi connectivity index (χ3v) is 3.69. The number of halogens is 6. The van der Waals surface area contributed by atoms with E-state index in [1.54, 1.807) is 12.5 Å². The van der Waals surface area contributed by atoms with Crippen molar-refractivity contribution in [3.63, 3.8) is 0 Å². The summed E-state index contributed by atoms with van der Waals surface area (Å²) in [5.74, 6) is -5.05. The fourth-order valence-electron chi connectivity index (χ4n) is 2.29. The smallest absolute Gasteiger partial charge is 0.475 e. The zero-order chi connectivity index (χ0) is 25.0. The number of hydrogen-bond acceptors (Lipinski definition) is 6. The van der Waals surface area contributed by atoms with Gasteiger partial charge in [-0.05, 0) is 18.2 Å². The minimum Gasteiger partial charge on any atom is -0.475 e. The molecule has 16 heteroatoms. The summed E-state index contributed by atoms with van der Waals surface area (Å²) in [6.45, 7) is 0. The average Bonchev–Trinajstić information content (AvgIpc) is 3.40. The van der Waals surface area contributed by atoms with E-state index in [1.165, 1.54) is 0 Å². The lowest BCUT2D eigenvalue weighted by atomic mass is 10.1. The summed E-state index contributed by atoms with van der Waals surface area (Å²) in [5.41, 5.74) is 10.4.